The number of nitrogens with zero attached hydrogens (tertiary/aromatic N) is 2. The van der Waals surface area contributed by atoms with Gasteiger partial charge >= 0.3 is 0 Å². The fraction of sp³-hybridized carbons (Fsp3) is 0.308. The van der Waals surface area contributed by atoms with Crippen molar-refractivity contribution in [1.82, 2.24) is 15.2 Å². The minimum absolute atomic E-state index is 0.185. The third kappa shape index (κ3) is 2.67. The van der Waals surface area contributed by atoms with Gasteiger partial charge < -0.3 is 4.74 Å². The van der Waals surface area contributed by atoms with E-state index in [1.54, 1.807) is 12.1 Å². The SMILES string of the molecule is O=C(Nc1n[nH]c(-c2ccc(F)cc2)n1)C1CCCO1. The van der Waals surface area contributed by atoms with Gasteiger partial charge in [-0.3, -0.25) is 15.2 Å². The summed E-state index contributed by atoms with van der Waals surface area (Å²) in [6, 6.07) is 5.84. The fourth-order valence-electron chi connectivity index (χ4n) is 2.03. The lowest BCUT2D eigenvalue weighted by atomic mass is 10.2. The Hall–Kier alpha value is -2.28. The van der Waals surface area contributed by atoms with E-state index in [2.05, 4.69) is 20.5 Å². The zero-order valence-electron chi connectivity index (χ0n) is 10.6. The van der Waals surface area contributed by atoms with Crippen LogP contribution in [0.5, 0.6) is 0 Å². The number of rotatable bonds is 3. The lowest BCUT2D eigenvalue weighted by Crippen LogP contribution is -2.27. The molecule has 0 saturated carbocycles. The Bertz CT molecular complexity index is 605. The molecule has 1 saturated heterocycles. The number of H-pyrrole nitrogens is 1. The molecule has 20 heavy (non-hydrogen) atoms. The second kappa shape index (κ2) is 5.38. The van der Waals surface area contributed by atoms with Gasteiger partial charge in [0.1, 0.15) is 11.9 Å². The lowest BCUT2D eigenvalue weighted by Gasteiger charge is -2.06. The molecule has 2 aromatic rings. The predicted molar refractivity (Wildman–Crippen MR) is 69.4 cm³/mol. The summed E-state index contributed by atoms with van der Waals surface area (Å²) >= 11 is 0. The third-order valence-corrected chi connectivity index (χ3v) is 3.06. The van der Waals surface area contributed by atoms with Crippen LogP contribution >= 0.6 is 0 Å². The lowest BCUT2D eigenvalue weighted by molar-refractivity contribution is -0.124. The van der Waals surface area contributed by atoms with Crippen molar-refractivity contribution in [3.8, 4) is 11.4 Å². The van der Waals surface area contributed by atoms with E-state index < -0.39 is 6.10 Å². The largest absolute Gasteiger partial charge is 0.368 e. The number of ether oxygens (including phenoxy) is 1. The summed E-state index contributed by atoms with van der Waals surface area (Å²) in [5, 5.41) is 9.20. The van der Waals surface area contributed by atoms with Crippen molar-refractivity contribution in [3.63, 3.8) is 0 Å². The first-order valence-corrected chi connectivity index (χ1v) is 6.33. The minimum atomic E-state index is -0.428. The number of halogens is 1. The topological polar surface area (TPSA) is 79.9 Å². The smallest absolute Gasteiger partial charge is 0.255 e. The van der Waals surface area contributed by atoms with Crippen LogP contribution in [0.25, 0.3) is 11.4 Å². The Morgan fingerprint density at radius 3 is 2.90 bits per heavy atom. The van der Waals surface area contributed by atoms with Crippen LogP contribution in [0.1, 0.15) is 12.8 Å². The van der Waals surface area contributed by atoms with E-state index >= 15 is 0 Å². The highest BCUT2D eigenvalue weighted by atomic mass is 19.1. The van der Waals surface area contributed by atoms with Crippen molar-refractivity contribution in [2.75, 3.05) is 11.9 Å². The van der Waals surface area contributed by atoms with Gasteiger partial charge in [0.25, 0.3) is 5.91 Å². The standard InChI is InChI=1S/C13H13FN4O2/c14-9-5-3-8(4-6-9)11-15-13(18-17-11)16-12(19)10-2-1-7-20-10/h3-6,10H,1-2,7H2,(H2,15,16,17,18,19). The maximum Gasteiger partial charge on any atom is 0.255 e. The highest BCUT2D eigenvalue weighted by Gasteiger charge is 2.24. The molecule has 2 heterocycles. The Balaban J connectivity index is 1.70. The maximum absolute atomic E-state index is 12.8. The second-order valence-electron chi connectivity index (χ2n) is 4.51. The third-order valence-electron chi connectivity index (χ3n) is 3.06. The first kappa shape index (κ1) is 12.7. The normalized spacial score (nSPS) is 18.1. The number of carbonyl (C=O) groups is 1. The molecular weight excluding hydrogens is 263 g/mol. The number of nitrogens with one attached hydrogen (secondary N) is 2. The maximum atomic E-state index is 12.8. The molecular formula is C13H13FN4O2. The van der Waals surface area contributed by atoms with Crippen LogP contribution in [0.15, 0.2) is 24.3 Å². The first-order valence-electron chi connectivity index (χ1n) is 6.33. The van der Waals surface area contributed by atoms with E-state index in [0.29, 0.717) is 24.4 Å². The zero-order chi connectivity index (χ0) is 13.9. The van der Waals surface area contributed by atoms with Gasteiger partial charge in [-0.25, -0.2) is 4.39 Å². The molecule has 0 radical (unpaired) electrons. The van der Waals surface area contributed by atoms with Crippen molar-refractivity contribution in [2.45, 2.75) is 18.9 Å². The Kier molecular flexibility index (Phi) is 3.42. The average molecular weight is 276 g/mol. The predicted octanol–water partition coefficient (Wildman–Crippen LogP) is 1.73. The molecule has 1 unspecified atom stereocenters. The Morgan fingerprint density at radius 2 is 2.20 bits per heavy atom. The highest BCUT2D eigenvalue weighted by molar-refractivity contribution is 5.92. The zero-order valence-corrected chi connectivity index (χ0v) is 10.6. The van der Waals surface area contributed by atoms with Crippen LogP contribution in [-0.2, 0) is 9.53 Å². The quantitative estimate of drug-likeness (QED) is 0.894. The molecule has 6 nitrogen and oxygen atoms in total. The molecule has 1 amide bonds. The molecule has 0 bridgehead atoms. The molecule has 1 aromatic heterocycles. The summed E-state index contributed by atoms with van der Waals surface area (Å²) in [4.78, 5) is 16.0. The van der Waals surface area contributed by atoms with Gasteiger partial charge in [0.2, 0.25) is 5.95 Å². The molecule has 0 spiro atoms. The van der Waals surface area contributed by atoms with Crippen LogP contribution in [0.3, 0.4) is 0 Å². The summed E-state index contributed by atoms with van der Waals surface area (Å²) < 4.78 is 18.1. The van der Waals surface area contributed by atoms with Gasteiger partial charge in [0.05, 0.1) is 0 Å². The number of benzene rings is 1. The van der Waals surface area contributed by atoms with Crippen LogP contribution in [0.4, 0.5) is 10.3 Å². The van der Waals surface area contributed by atoms with Crippen molar-refractivity contribution >= 4 is 11.9 Å². The molecule has 3 rings (SSSR count). The molecule has 0 aliphatic carbocycles. The molecule has 1 aliphatic rings. The van der Waals surface area contributed by atoms with Crippen LogP contribution in [-0.4, -0.2) is 33.8 Å². The molecule has 7 heteroatoms. The van der Waals surface area contributed by atoms with E-state index in [0.717, 1.165) is 6.42 Å². The van der Waals surface area contributed by atoms with E-state index in [1.807, 2.05) is 0 Å². The summed E-state index contributed by atoms with van der Waals surface area (Å²) in [6.07, 6.45) is 1.16. The molecule has 1 fully saturated rings. The molecule has 2 N–H and O–H groups in total. The number of aromatic amines is 1. The van der Waals surface area contributed by atoms with Crippen molar-refractivity contribution in [1.29, 1.82) is 0 Å². The van der Waals surface area contributed by atoms with Gasteiger partial charge in [-0.15, -0.1) is 5.10 Å². The first-order chi connectivity index (χ1) is 9.72. The summed E-state index contributed by atoms with van der Waals surface area (Å²) in [7, 11) is 0. The van der Waals surface area contributed by atoms with E-state index in [-0.39, 0.29) is 17.7 Å². The molecule has 1 aromatic carbocycles. The number of anilines is 1. The van der Waals surface area contributed by atoms with Gasteiger partial charge in [-0.2, -0.15) is 4.98 Å². The number of amides is 1. The summed E-state index contributed by atoms with van der Waals surface area (Å²) in [5.41, 5.74) is 0.691. The monoisotopic (exact) mass is 276 g/mol. The van der Waals surface area contributed by atoms with Gasteiger partial charge in [-0.1, -0.05) is 0 Å². The van der Waals surface area contributed by atoms with Crippen molar-refractivity contribution in [3.05, 3.63) is 30.1 Å². The fourth-order valence-corrected chi connectivity index (χ4v) is 2.03. The van der Waals surface area contributed by atoms with E-state index in [9.17, 15) is 9.18 Å². The minimum Gasteiger partial charge on any atom is -0.368 e. The summed E-state index contributed by atoms with van der Waals surface area (Å²) in [6.45, 7) is 0.604. The van der Waals surface area contributed by atoms with Crippen molar-refractivity contribution in [2.24, 2.45) is 0 Å². The van der Waals surface area contributed by atoms with Gasteiger partial charge in [-0.05, 0) is 37.1 Å². The van der Waals surface area contributed by atoms with Crippen LogP contribution < -0.4 is 5.32 Å². The molecule has 1 atom stereocenters. The molecule has 104 valence electrons. The number of carbonyl (C=O) groups excluding carboxylic acids is 1. The van der Waals surface area contributed by atoms with Gasteiger partial charge in [0.15, 0.2) is 5.82 Å². The van der Waals surface area contributed by atoms with Crippen LogP contribution in [0, 0.1) is 5.82 Å². The Labute approximate surface area is 114 Å². The molecule has 1 aliphatic heterocycles. The average Bonchev–Trinajstić information content (AvgIpc) is 3.10. The highest BCUT2D eigenvalue weighted by Crippen LogP contribution is 2.17. The second-order valence-corrected chi connectivity index (χ2v) is 4.51. The van der Waals surface area contributed by atoms with E-state index in [4.69, 9.17) is 4.74 Å². The number of aromatic nitrogens is 3. The van der Waals surface area contributed by atoms with Gasteiger partial charge in [0, 0.05) is 12.2 Å². The number of hydrogen-bond donors (Lipinski definition) is 2. The number of hydrogen-bond acceptors (Lipinski definition) is 4. The Morgan fingerprint density at radius 1 is 1.40 bits per heavy atom. The van der Waals surface area contributed by atoms with E-state index in [1.165, 1.54) is 12.1 Å². The van der Waals surface area contributed by atoms with Crippen molar-refractivity contribution < 1.29 is 13.9 Å². The van der Waals surface area contributed by atoms with Crippen LogP contribution in [0.2, 0.25) is 0 Å². The summed E-state index contributed by atoms with van der Waals surface area (Å²) in [5.74, 6) is 0.0878.